The second-order valence-electron chi connectivity index (χ2n) is 5.11. The van der Waals surface area contributed by atoms with Gasteiger partial charge in [0.1, 0.15) is 0 Å². The number of amides is 1. The van der Waals surface area contributed by atoms with Crippen LogP contribution in [-0.2, 0) is 6.42 Å². The third-order valence-corrected chi connectivity index (χ3v) is 4.75. The normalized spacial score (nSPS) is 12.7. The molecule has 0 saturated heterocycles. The Hall–Kier alpha value is -1.33. The largest absolute Gasteiger partial charge is 0.384 e. The van der Waals surface area contributed by atoms with Gasteiger partial charge in [-0.05, 0) is 86.7 Å². The monoisotopic (exact) mass is 408 g/mol. The highest BCUT2D eigenvalue weighted by molar-refractivity contribution is 9.11. The molecule has 3 rings (SSSR count). The molecule has 0 atom stereocenters. The van der Waals surface area contributed by atoms with Crippen molar-refractivity contribution in [3.8, 4) is 0 Å². The Morgan fingerprint density at radius 3 is 2.62 bits per heavy atom. The lowest BCUT2D eigenvalue weighted by Gasteiger charge is -2.11. The van der Waals surface area contributed by atoms with Crippen LogP contribution in [-0.4, -0.2) is 12.5 Å². The highest BCUT2D eigenvalue weighted by Crippen LogP contribution is 2.33. The third-order valence-electron chi connectivity index (χ3n) is 3.50. The Morgan fingerprint density at radius 2 is 1.90 bits per heavy atom. The Bertz CT molecular complexity index is 705. The molecule has 3 nitrogen and oxygen atoms in total. The fourth-order valence-electron chi connectivity index (χ4n) is 2.45. The lowest BCUT2D eigenvalue weighted by atomic mass is 10.1. The van der Waals surface area contributed by atoms with E-state index in [1.165, 1.54) is 5.56 Å². The molecular formula is C16H14Br2N2O. The number of anilines is 2. The number of halogens is 2. The maximum Gasteiger partial charge on any atom is 0.255 e. The molecule has 0 aromatic heterocycles. The van der Waals surface area contributed by atoms with Gasteiger partial charge in [-0.2, -0.15) is 0 Å². The number of hydrogen-bond donors (Lipinski definition) is 2. The molecule has 0 radical (unpaired) electrons. The van der Waals surface area contributed by atoms with E-state index in [1.807, 2.05) is 37.3 Å². The van der Waals surface area contributed by atoms with Gasteiger partial charge < -0.3 is 10.6 Å². The summed E-state index contributed by atoms with van der Waals surface area (Å²) in [5.74, 6) is -0.102. The average molecular weight is 410 g/mol. The van der Waals surface area contributed by atoms with Gasteiger partial charge in [-0.3, -0.25) is 4.79 Å². The summed E-state index contributed by atoms with van der Waals surface area (Å²) in [6.07, 6.45) is 0.967. The Morgan fingerprint density at radius 1 is 1.19 bits per heavy atom. The maximum absolute atomic E-state index is 12.4. The second kappa shape index (κ2) is 5.81. The molecule has 2 aromatic rings. The van der Waals surface area contributed by atoms with Crippen molar-refractivity contribution in [1.29, 1.82) is 0 Å². The number of benzene rings is 2. The van der Waals surface area contributed by atoms with Crippen molar-refractivity contribution in [1.82, 2.24) is 0 Å². The van der Waals surface area contributed by atoms with Gasteiger partial charge in [0.05, 0.1) is 5.69 Å². The lowest BCUT2D eigenvalue weighted by Crippen LogP contribution is -2.13. The number of carbonyl (C=O) groups is 1. The molecule has 0 bridgehead atoms. The molecule has 1 aliphatic rings. The van der Waals surface area contributed by atoms with Crippen molar-refractivity contribution in [3.05, 3.63) is 56.0 Å². The van der Waals surface area contributed by atoms with E-state index in [9.17, 15) is 4.79 Å². The lowest BCUT2D eigenvalue weighted by molar-refractivity contribution is 0.102. The molecule has 21 heavy (non-hydrogen) atoms. The Labute approximate surface area is 140 Å². The van der Waals surface area contributed by atoms with Crippen LogP contribution in [0.15, 0.2) is 39.3 Å². The van der Waals surface area contributed by atoms with Gasteiger partial charge in [0, 0.05) is 26.7 Å². The highest BCUT2D eigenvalue weighted by atomic mass is 79.9. The van der Waals surface area contributed by atoms with Crippen LogP contribution < -0.4 is 10.6 Å². The van der Waals surface area contributed by atoms with Crippen molar-refractivity contribution < 1.29 is 4.79 Å². The van der Waals surface area contributed by atoms with Crippen LogP contribution in [0.1, 0.15) is 21.5 Å². The predicted octanol–water partition coefficient (Wildman–Crippen LogP) is 4.74. The van der Waals surface area contributed by atoms with Gasteiger partial charge in [0.15, 0.2) is 0 Å². The SMILES string of the molecule is Cc1cc(Br)c(NC(=O)c2ccc3c(c2)CCN3)c(Br)c1. The molecule has 2 aromatic carbocycles. The number of hydrogen-bond acceptors (Lipinski definition) is 2. The molecular weight excluding hydrogens is 396 g/mol. The molecule has 1 amide bonds. The first kappa shape index (κ1) is 14.6. The number of aryl methyl sites for hydroxylation is 1. The van der Waals surface area contributed by atoms with E-state index in [0.29, 0.717) is 5.56 Å². The molecule has 1 aliphatic heterocycles. The summed E-state index contributed by atoms with van der Waals surface area (Å²) >= 11 is 6.99. The van der Waals surface area contributed by atoms with Crippen LogP contribution in [0.3, 0.4) is 0 Å². The molecule has 0 fully saturated rings. The highest BCUT2D eigenvalue weighted by Gasteiger charge is 2.15. The number of fused-ring (bicyclic) bond motifs is 1. The van der Waals surface area contributed by atoms with Crippen LogP contribution in [0.25, 0.3) is 0 Å². The summed E-state index contributed by atoms with van der Waals surface area (Å²) in [6, 6.07) is 9.74. The van der Waals surface area contributed by atoms with E-state index in [1.54, 1.807) is 0 Å². The standard InChI is InChI=1S/C16H14Br2N2O/c1-9-6-12(17)15(13(18)7-9)20-16(21)11-2-3-14-10(8-11)4-5-19-14/h2-3,6-8,19H,4-5H2,1H3,(H,20,21). The summed E-state index contributed by atoms with van der Waals surface area (Å²) in [5.41, 5.74) is 4.88. The summed E-state index contributed by atoms with van der Waals surface area (Å²) in [6.45, 7) is 2.95. The van der Waals surface area contributed by atoms with Crippen LogP contribution in [0.2, 0.25) is 0 Å². The van der Waals surface area contributed by atoms with E-state index < -0.39 is 0 Å². The van der Waals surface area contributed by atoms with E-state index in [0.717, 1.165) is 38.8 Å². The molecule has 0 aliphatic carbocycles. The topological polar surface area (TPSA) is 41.1 Å². The second-order valence-corrected chi connectivity index (χ2v) is 6.82. The molecule has 0 spiro atoms. The first-order chi connectivity index (χ1) is 10.0. The number of rotatable bonds is 2. The van der Waals surface area contributed by atoms with Gasteiger partial charge in [-0.15, -0.1) is 0 Å². The number of carbonyl (C=O) groups excluding carboxylic acids is 1. The van der Waals surface area contributed by atoms with Crippen LogP contribution in [0, 0.1) is 6.92 Å². The maximum atomic E-state index is 12.4. The van der Waals surface area contributed by atoms with Crippen molar-refractivity contribution in [2.75, 3.05) is 17.2 Å². The van der Waals surface area contributed by atoms with Crippen LogP contribution in [0.4, 0.5) is 11.4 Å². The smallest absolute Gasteiger partial charge is 0.255 e. The van der Waals surface area contributed by atoms with Gasteiger partial charge in [0.25, 0.3) is 5.91 Å². The van der Waals surface area contributed by atoms with Gasteiger partial charge >= 0.3 is 0 Å². The van der Waals surface area contributed by atoms with Crippen molar-refractivity contribution in [3.63, 3.8) is 0 Å². The first-order valence-corrected chi connectivity index (χ1v) is 8.27. The molecule has 5 heteroatoms. The van der Waals surface area contributed by atoms with Gasteiger partial charge in [0.2, 0.25) is 0 Å². The zero-order valence-electron chi connectivity index (χ0n) is 11.5. The third kappa shape index (κ3) is 2.99. The summed E-state index contributed by atoms with van der Waals surface area (Å²) in [4.78, 5) is 12.4. The molecule has 0 saturated carbocycles. The summed E-state index contributed by atoms with van der Waals surface area (Å²) in [5, 5.41) is 6.25. The minimum atomic E-state index is -0.102. The Kier molecular flexibility index (Phi) is 4.04. The van der Waals surface area contributed by atoms with Crippen LogP contribution in [0.5, 0.6) is 0 Å². The average Bonchev–Trinajstić information content (AvgIpc) is 2.89. The minimum Gasteiger partial charge on any atom is -0.384 e. The molecule has 0 unspecified atom stereocenters. The van der Waals surface area contributed by atoms with Crippen LogP contribution >= 0.6 is 31.9 Å². The van der Waals surface area contributed by atoms with Gasteiger partial charge in [-0.1, -0.05) is 0 Å². The van der Waals surface area contributed by atoms with E-state index in [4.69, 9.17) is 0 Å². The zero-order valence-corrected chi connectivity index (χ0v) is 14.6. The van der Waals surface area contributed by atoms with Gasteiger partial charge in [-0.25, -0.2) is 0 Å². The summed E-state index contributed by atoms with van der Waals surface area (Å²) < 4.78 is 1.73. The fraction of sp³-hybridized carbons (Fsp3) is 0.188. The van der Waals surface area contributed by atoms with Crippen molar-refractivity contribution in [2.45, 2.75) is 13.3 Å². The Balaban J connectivity index is 1.87. The molecule has 2 N–H and O–H groups in total. The fourth-order valence-corrected chi connectivity index (χ4v) is 4.06. The van der Waals surface area contributed by atoms with E-state index >= 15 is 0 Å². The first-order valence-electron chi connectivity index (χ1n) is 6.68. The van der Waals surface area contributed by atoms with Crippen molar-refractivity contribution in [2.24, 2.45) is 0 Å². The number of nitrogens with one attached hydrogen (secondary N) is 2. The van der Waals surface area contributed by atoms with E-state index in [2.05, 4.69) is 42.5 Å². The zero-order chi connectivity index (χ0) is 15.0. The quantitative estimate of drug-likeness (QED) is 0.751. The minimum absolute atomic E-state index is 0.102. The predicted molar refractivity (Wildman–Crippen MR) is 93.2 cm³/mol. The van der Waals surface area contributed by atoms with Crippen molar-refractivity contribution >= 4 is 49.1 Å². The molecule has 108 valence electrons. The molecule has 1 heterocycles. The summed E-state index contributed by atoms with van der Waals surface area (Å²) in [7, 11) is 0. The van der Waals surface area contributed by atoms with E-state index in [-0.39, 0.29) is 5.91 Å².